The summed E-state index contributed by atoms with van der Waals surface area (Å²) in [7, 11) is 3.34. The monoisotopic (exact) mass is 416 g/mol. The number of Topliss-reactive ketones (excluding diaryl/α,β-unsaturated/α-hetero) is 1. The summed E-state index contributed by atoms with van der Waals surface area (Å²) in [6.45, 7) is 7.42. The fourth-order valence-electron chi connectivity index (χ4n) is 4.50. The molecule has 0 fully saturated rings. The SMILES string of the molecule is CCN1c2ccc(-c3c(OC)cccc3OC)cc2N(CC)c2c(C(C)=O)cccc21. The topological polar surface area (TPSA) is 42.0 Å². The molecule has 0 saturated carbocycles. The molecule has 0 bridgehead atoms. The summed E-state index contributed by atoms with van der Waals surface area (Å²) in [4.78, 5) is 17.0. The molecule has 0 atom stereocenters. The zero-order valence-corrected chi connectivity index (χ0v) is 18.7. The summed E-state index contributed by atoms with van der Waals surface area (Å²) in [5.41, 5.74) is 6.88. The van der Waals surface area contributed by atoms with Crippen LogP contribution in [0.4, 0.5) is 22.7 Å². The minimum atomic E-state index is 0.0670. The van der Waals surface area contributed by atoms with Gasteiger partial charge >= 0.3 is 0 Å². The number of ketones is 1. The number of methoxy groups -OCH3 is 2. The van der Waals surface area contributed by atoms with Gasteiger partial charge < -0.3 is 19.3 Å². The van der Waals surface area contributed by atoms with Crippen molar-refractivity contribution in [2.75, 3.05) is 37.1 Å². The molecule has 5 nitrogen and oxygen atoms in total. The Morgan fingerprint density at radius 2 is 1.45 bits per heavy atom. The molecule has 1 aliphatic rings. The quantitative estimate of drug-likeness (QED) is 0.447. The number of benzene rings is 3. The van der Waals surface area contributed by atoms with E-state index in [1.165, 1.54) is 0 Å². The fourth-order valence-corrected chi connectivity index (χ4v) is 4.50. The molecule has 0 amide bonds. The van der Waals surface area contributed by atoms with Crippen molar-refractivity contribution in [3.8, 4) is 22.6 Å². The van der Waals surface area contributed by atoms with E-state index in [0.29, 0.717) is 0 Å². The van der Waals surface area contributed by atoms with E-state index in [1.807, 2.05) is 30.3 Å². The highest BCUT2D eigenvalue weighted by Crippen LogP contribution is 2.51. The van der Waals surface area contributed by atoms with Crippen LogP contribution in [0.25, 0.3) is 11.1 Å². The number of ether oxygens (including phenoxy) is 2. The van der Waals surface area contributed by atoms with E-state index in [2.05, 4.69) is 47.9 Å². The molecule has 1 heterocycles. The van der Waals surface area contributed by atoms with Crippen LogP contribution in [0.15, 0.2) is 54.6 Å². The summed E-state index contributed by atoms with van der Waals surface area (Å²) >= 11 is 0. The molecule has 1 aliphatic heterocycles. The van der Waals surface area contributed by atoms with Gasteiger partial charge in [-0.25, -0.2) is 0 Å². The summed E-state index contributed by atoms with van der Waals surface area (Å²) < 4.78 is 11.3. The van der Waals surface area contributed by atoms with Crippen molar-refractivity contribution >= 4 is 28.5 Å². The Bertz CT molecular complexity index is 1120. The second-order valence-electron chi connectivity index (χ2n) is 7.46. The maximum Gasteiger partial charge on any atom is 0.161 e. The first kappa shape index (κ1) is 20.8. The molecule has 0 unspecified atom stereocenters. The van der Waals surface area contributed by atoms with Crippen LogP contribution >= 0.6 is 0 Å². The average Bonchev–Trinajstić information content (AvgIpc) is 2.80. The summed E-state index contributed by atoms with van der Waals surface area (Å²) in [5.74, 6) is 1.59. The predicted octanol–water partition coefficient (Wildman–Crippen LogP) is 6.20. The van der Waals surface area contributed by atoms with E-state index in [-0.39, 0.29) is 5.78 Å². The van der Waals surface area contributed by atoms with Gasteiger partial charge in [0.25, 0.3) is 0 Å². The lowest BCUT2D eigenvalue weighted by Crippen LogP contribution is -2.30. The van der Waals surface area contributed by atoms with E-state index in [1.54, 1.807) is 21.1 Å². The first-order valence-electron chi connectivity index (χ1n) is 10.6. The van der Waals surface area contributed by atoms with Crippen LogP contribution in [0.2, 0.25) is 0 Å². The van der Waals surface area contributed by atoms with Crippen molar-refractivity contribution in [3.63, 3.8) is 0 Å². The molecule has 160 valence electrons. The van der Waals surface area contributed by atoms with Crippen LogP contribution in [-0.2, 0) is 0 Å². The van der Waals surface area contributed by atoms with Gasteiger partial charge in [0.15, 0.2) is 5.78 Å². The Labute approximate surface area is 183 Å². The number of carbonyl (C=O) groups is 1. The summed E-state index contributed by atoms with van der Waals surface area (Å²) in [6.07, 6.45) is 0. The smallest absolute Gasteiger partial charge is 0.161 e. The molecule has 4 rings (SSSR count). The maximum absolute atomic E-state index is 12.5. The molecule has 0 spiro atoms. The van der Waals surface area contributed by atoms with E-state index in [9.17, 15) is 4.79 Å². The van der Waals surface area contributed by atoms with Crippen molar-refractivity contribution in [2.24, 2.45) is 0 Å². The van der Waals surface area contributed by atoms with Gasteiger partial charge in [-0.3, -0.25) is 4.79 Å². The third kappa shape index (κ3) is 3.30. The molecular formula is C26H28N2O3. The molecule has 3 aromatic carbocycles. The third-order valence-corrected chi connectivity index (χ3v) is 5.86. The van der Waals surface area contributed by atoms with Crippen molar-refractivity contribution < 1.29 is 14.3 Å². The number of nitrogens with zero attached hydrogens (tertiary/aromatic N) is 2. The zero-order valence-electron chi connectivity index (χ0n) is 18.7. The van der Waals surface area contributed by atoms with Gasteiger partial charge in [-0.2, -0.15) is 0 Å². The second kappa shape index (κ2) is 8.34. The Hall–Kier alpha value is -3.47. The predicted molar refractivity (Wildman–Crippen MR) is 127 cm³/mol. The van der Waals surface area contributed by atoms with Gasteiger partial charge in [0.1, 0.15) is 11.5 Å². The second-order valence-corrected chi connectivity index (χ2v) is 7.46. The molecule has 0 radical (unpaired) electrons. The molecule has 0 saturated heterocycles. The van der Waals surface area contributed by atoms with Crippen LogP contribution in [0, 0.1) is 0 Å². The van der Waals surface area contributed by atoms with Crippen molar-refractivity contribution in [2.45, 2.75) is 20.8 Å². The van der Waals surface area contributed by atoms with Gasteiger partial charge in [-0.05, 0) is 62.7 Å². The summed E-state index contributed by atoms with van der Waals surface area (Å²) in [5, 5.41) is 0. The fraction of sp³-hybridized carbons (Fsp3) is 0.269. The first-order chi connectivity index (χ1) is 15.0. The van der Waals surface area contributed by atoms with E-state index >= 15 is 0 Å². The minimum Gasteiger partial charge on any atom is -0.496 e. The molecule has 5 heteroatoms. The van der Waals surface area contributed by atoms with Crippen LogP contribution in [0.5, 0.6) is 11.5 Å². The minimum absolute atomic E-state index is 0.0670. The average molecular weight is 417 g/mol. The van der Waals surface area contributed by atoms with Gasteiger partial charge in [0, 0.05) is 18.7 Å². The Kier molecular flexibility index (Phi) is 5.59. The third-order valence-electron chi connectivity index (χ3n) is 5.86. The Morgan fingerprint density at radius 3 is 2.03 bits per heavy atom. The molecule has 0 N–H and O–H groups in total. The van der Waals surface area contributed by atoms with E-state index in [4.69, 9.17) is 9.47 Å². The number of carbonyl (C=O) groups excluding carboxylic acids is 1. The Morgan fingerprint density at radius 1 is 0.806 bits per heavy atom. The molecule has 0 aliphatic carbocycles. The number of anilines is 4. The normalized spacial score (nSPS) is 12.3. The first-order valence-corrected chi connectivity index (χ1v) is 10.6. The molecule has 3 aromatic rings. The lowest BCUT2D eigenvalue weighted by atomic mass is 9.97. The number of fused-ring (bicyclic) bond motifs is 2. The van der Waals surface area contributed by atoms with Gasteiger partial charge in [-0.15, -0.1) is 0 Å². The van der Waals surface area contributed by atoms with E-state index < -0.39 is 0 Å². The van der Waals surface area contributed by atoms with Gasteiger partial charge in [0.2, 0.25) is 0 Å². The Balaban J connectivity index is 1.98. The van der Waals surface area contributed by atoms with Gasteiger partial charge in [0.05, 0.1) is 42.5 Å². The van der Waals surface area contributed by atoms with E-state index in [0.717, 1.165) is 64.0 Å². The molecule has 0 aromatic heterocycles. The number of hydrogen-bond acceptors (Lipinski definition) is 5. The highest BCUT2D eigenvalue weighted by Gasteiger charge is 2.30. The lowest BCUT2D eigenvalue weighted by molar-refractivity contribution is 0.101. The largest absolute Gasteiger partial charge is 0.496 e. The van der Waals surface area contributed by atoms with Crippen molar-refractivity contribution in [3.05, 3.63) is 60.2 Å². The standard InChI is InChI=1S/C26H28N2O3/c1-6-27-20-15-14-18(25-23(30-4)12-9-13-24(25)31-5)16-22(20)28(7-2)26-19(17(3)29)10-8-11-21(26)27/h8-16H,6-7H2,1-5H3. The summed E-state index contributed by atoms with van der Waals surface area (Å²) in [6, 6.07) is 18.2. The van der Waals surface area contributed by atoms with Gasteiger partial charge in [-0.1, -0.05) is 18.2 Å². The number of rotatable bonds is 6. The lowest BCUT2D eigenvalue weighted by Gasteiger charge is -2.40. The van der Waals surface area contributed by atoms with Crippen LogP contribution < -0.4 is 19.3 Å². The zero-order chi connectivity index (χ0) is 22.1. The van der Waals surface area contributed by atoms with Crippen LogP contribution in [-0.4, -0.2) is 33.1 Å². The highest BCUT2D eigenvalue weighted by molar-refractivity contribution is 6.07. The van der Waals surface area contributed by atoms with Crippen LogP contribution in [0.1, 0.15) is 31.1 Å². The molecule has 31 heavy (non-hydrogen) atoms. The number of para-hydroxylation sites is 1. The van der Waals surface area contributed by atoms with Crippen molar-refractivity contribution in [1.82, 2.24) is 0 Å². The van der Waals surface area contributed by atoms with Crippen LogP contribution in [0.3, 0.4) is 0 Å². The number of hydrogen-bond donors (Lipinski definition) is 0. The molecular weight excluding hydrogens is 388 g/mol. The maximum atomic E-state index is 12.5. The highest BCUT2D eigenvalue weighted by atomic mass is 16.5. The van der Waals surface area contributed by atoms with Crippen molar-refractivity contribution in [1.29, 1.82) is 0 Å².